The van der Waals surface area contributed by atoms with Crippen LogP contribution in [-0.4, -0.2) is 13.1 Å². The second-order valence-corrected chi connectivity index (χ2v) is 9.93. The van der Waals surface area contributed by atoms with E-state index in [-0.39, 0.29) is 0 Å². The third-order valence-corrected chi connectivity index (χ3v) is 6.54. The van der Waals surface area contributed by atoms with Gasteiger partial charge in [0.15, 0.2) is 0 Å². The summed E-state index contributed by atoms with van der Waals surface area (Å²) in [5, 5.41) is 1.35. The van der Waals surface area contributed by atoms with Crippen LogP contribution in [0.2, 0.25) is 19.1 Å². The molecule has 1 atom stereocenters. The van der Waals surface area contributed by atoms with Crippen molar-refractivity contribution in [2.24, 2.45) is 5.92 Å². The van der Waals surface area contributed by atoms with Crippen molar-refractivity contribution in [2.45, 2.75) is 45.8 Å². The topological polar surface area (TPSA) is 12.9 Å². The van der Waals surface area contributed by atoms with Gasteiger partial charge in [0, 0.05) is 11.5 Å². The molecule has 0 N–H and O–H groups in total. The molecule has 15 heavy (non-hydrogen) atoms. The Hall–Kier alpha value is -0.633. The highest BCUT2D eigenvalue weighted by Gasteiger charge is 2.24. The van der Waals surface area contributed by atoms with Gasteiger partial charge in [-0.15, -0.1) is 0 Å². The first-order valence-corrected chi connectivity index (χ1v) is 9.18. The molecule has 1 unspecified atom stereocenters. The number of nitrogens with zero attached hydrogens (tertiary/aromatic N) is 1. The monoisotopic (exact) mass is 221 g/mol. The van der Waals surface area contributed by atoms with Gasteiger partial charge >= 0.3 is 0 Å². The molecule has 0 fully saturated rings. The Morgan fingerprint density at radius 1 is 1.33 bits per heavy atom. The molecule has 2 heteroatoms. The van der Waals surface area contributed by atoms with E-state index in [2.05, 4.69) is 44.1 Å². The quantitative estimate of drug-likeness (QED) is 0.694. The van der Waals surface area contributed by atoms with Crippen LogP contribution >= 0.6 is 0 Å². The Bertz CT molecular complexity index is 282. The van der Waals surface area contributed by atoms with E-state index in [1.807, 2.05) is 12.3 Å². The smallest absolute Gasteiger partial charge is 0.104 e. The highest BCUT2D eigenvalue weighted by Crippen LogP contribution is 2.18. The lowest BCUT2D eigenvalue weighted by atomic mass is 10.1. The van der Waals surface area contributed by atoms with Crippen LogP contribution in [0.3, 0.4) is 0 Å². The van der Waals surface area contributed by atoms with Crippen LogP contribution in [-0.2, 0) is 0 Å². The van der Waals surface area contributed by atoms with Gasteiger partial charge in [0.2, 0.25) is 0 Å². The fourth-order valence-corrected chi connectivity index (χ4v) is 4.14. The maximum Gasteiger partial charge on any atom is 0.104 e. The summed E-state index contributed by atoms with van der Waals surface area (Å²) in [5.41, 5.74) is 0. The molecule has 0 saturated carbocycles. The Morgan fingerprint density at radius 2 is 2.07 bits per heavy atom. The minimum atomic E-state index is -1.27. The van der Waals surface area contributed by atoms with Crippen molar-refractivity contribution in [3.63, 3.8) is 0 Å². The third kappa shape index (κ3) is 3.78. The molecule has 1 rings (SSSR count). The van der Waals surface area contributed by atoms with Crippen molar-refractivity contribution in [3.8, 4) is 0 Å². The van der Waals surface area contributed by atoms with Crippen LogP contribution in [0.1, 0.15) is 26.7 Å². The first kappa shape index (κ1) is 12.4. The third-order valence-electron chi connectivity index (χ3n) is 3.32. The number of pyridine rings is 1. The van der Waals surface area contributed by atoms with Crippen LogP contribution in [0.4, 0.5) is 0 Å². The summed E-state index contributed by atoms with van der Waals surface area (Å²) in [6.07, 6.45) is 4.58. The van der Waals surface area contributed by atoms with Crippen LogP contribution in [0, 0.1) is 5.92 Å². The van der Waals surface area contributed by atoms with Gasteiger partial charge in [0.1, 0.15) is 8.07 Å². The lowest BCUT2D eigenvalue weighted by Gasteiger charge is -2.23. The highest BCUT2D eigenvalue weighted by atomic mass is 28.3. The van der Waals surface area contributed by atoms with E-state index < -0.39 is 8.07 Å². The normalized spacial score (nSPS) is 13.9. The summed E-state index contributed by atoms with van der Waals surface area (Å²) < 4.78 is 0. The Balaban J connectivity index is 2.59. The Kier molecular flexibility index (Phi) is 4.52. The largest absolute Gasteiger partial charge is 0.266 e. The summed E-state index contributed by atoms with van der Waals surface area (Å²) in [5.74, 6) is 0.862. The van der Waals surface area contributed by atoms with Gasteiger partial charge in [-0.3, -0.25) is 4.98 Å². The molecule has 1 heterocycles. The average molecular weight is 221 g/mol. The van der Waals surface area contributed by atoms with Gasteiger partial charge in [0.05, 0.1) is 0 Å². The molecule has 0 radical (unpaired) electrons. The van der Waals surface area contributed by atoms with Crippen LogP contribution < -0.4 is 5.32 Å². The zero-order valence-corrected chi connectivity index (χ0v) is 11.5. The fourth-order valence-electron chi connectivity index (χ4n) is 1.70. The average Bonchev–Trinajstić information content (AvgIpc) is 2.27. The van der Waals surface area contributed by atoms with E-state index >= 15 is 0 Å². The second-order valence-electron chi connectivity index (χ2n) is 5.15. The number of hydrogen-bond acceptors (Lipinski definition) is 1. The lowest BCUT2D eigenvalue weighted by Crippen LogP contribution is -2.43. The molecule has 84 valence electrons. The number of aromatic nitrogens is 1. The zero-order chi connectivity index (χ0) is 11.3. The molecule has 0 aliphatic heterocycles. The van der Waals surface area contributed by atoms with Crippen molar-refractivity contribution >= 4 is 13.4 Å². The molecule has 0 amide bonds. The molecule has 1 aromatic heterocycles. The molecule has 1 aromatic rings. The van der Waals surface area contributed by atoms with Crippen molar-refractivity contribution < 1.29 is 0 Å². The SMILES string of the molecule is CCC(C)CC[Si](C)(C)c1ccccn1. The summed E-state index contributed by atoms with van der Waals surface area (Å²) in [6, 6.07) is 7.67. The van der Waals surface area contributed by atoms with Crippen LogP contribution in [0.15, 0.2) is 24.4 Å². The molecular weight excluding hydrogens is 198 g/mol. The molecule has 0 aromatic carbocycles. The summed E-state index contributed by atoms with van der Waals surface area (Å²) in [6.45, 7) is 9.48. The van der Waals surface area contributed by atoms with E-state index in [1.165, 1.54) is 24.2 Å². The molecule has 0 aliphatic rings. The van der Waals surface area contributed by atoms with E-state index in [0.717, 1.165) is 5.92 Å². The van der Waals surface area contributed by atoms with E-state index in [0.29, 0.717) is 0 Å². The first-order valence-electron chi connectivity index (χ1n) is 5.97. The van der Waals surface area contributed by atoms with Gasteiger partial charge < -0.3 is 0 Å². The fraction of sp³-hybridized carbons (Fsp3) is 0.615. The minimum Gasteiger partial charge on any atom is -0.266 e. The molecule has 1 nitrogen and oxygen atoms in total. The predicted octanol–water partition coefficient (Wildman–Crippen LogP) is 3.43. The number of hydrogen-bond donors (Lipinski definition) is 0. The Labute approximate surface area is 95.0 Å². The minimum absolute atomic E-state index is 0.862. The lowest BCUT2D eigenvalue weighted by molar-refractivity contribution is 0.541. The molecular formula is C13H23NSi. The first-order chi connectivity index (χ1) is 7.06. The summed E-state index contributed by atoms with van der Waals surface area (Å²) in [4.78, 5) is 4.52. The maximum absolute atomic E-state index is 4.52. The maximum atomic E-state index is 4.52. The standard InChI is InChI=1S/C13H23NSi/c1-5-12(2)9-11-15(3,4)13-8-6-7-10-14-13/h6-8,10,12H,5,9,11H2,1-4H3. The van der Waals surface area contributed by atoms with E-state index in [9.17, 15) is 0 Å². The van der Waals surface area contributed by atoms with Gasteiger partial charge in [-0.25, -0.2) is 0 Å². The van der Waals surface area contributed by atoms with Crippen molar-refractivity contribution in [3.05, 3.63) is 24.4 Å². The second kappa shape index (κ2) is 5.45. The van der Waals surface area contributed by atoms with Gasteiger partial charge in [0.25, 0.3) is 0 Å². The van der Waals surface area contributed by atoms with Crippen molar-refractivity contribution in [2.75, 3.05) is 0 Å². The molecule has 0 saturated heterocycles. The van der Waals surface area contributed by atoms with Crippen LogP contribution in [0.5, 0.6) is 0 Å². The summed E-state index contributed by atoms with van der Waals surface area (Å²) in [7, 11) is -1.27. The van der Waals surface area contributed by atoms with Crippen molar-refractivity contribution in [1.82, 2.24) is 4.98 Å². The van der Waals surface area contributed by atoms with Gasteiger partial charge in [-0.1, -0.05) is 51.9 Å². The number of rotatable bonds is 5. The van der Waals surface area contributed by atoms with Crippen molar-refractivity contribution in [1.29, 1.82) is 0 Å². The van der Waals surface area contributed by atoms with Gasteiger partial charge in [-0.05, 0) is 18.1 Å². The molecule has 0 aliphatic carbocycles. The predicted molar refractivity (Wildman–Crippen MR) is 70.2 cm³/mol. The highest BCUT2D eigenvalue weighted by molar-refractivity contribution is 6.89. The van der Waals surface area contributed by atoms with E-state index in [4.69, 9.17) is 0 Å². The van der Waals surface area contributed by atoms with E-state index in [1.54, 1.807) is 0 Å². The van der Waals surface area contributed by atoms with Crippen LogP contribution in [0.25, 0.3) is 0 Å². The zero-order valence-electron chi connectivity index (χ0n) is 10.5. The molecule has 0 spiro atoms. The molecule has 0 bridgehead atoms. The van der Waals surface area contributed by atoms with Gasteiger partial charge in [-0.2, -0.15) is 0 Å². The summed E-state index contributed by atoms with van der Waals surface area (Å²) >= 11 is 0. The Morgan fingerprint density at radius 3 is 2.60 bits per heavy atom.